The van der Waals surface area contributed by atoms with Gasteiger partial charge in [0.05, 0.1) is 0 Å². The number of benzene rings is 2. The maximum absolute atomic E-state index is 12.5. The minimum Gasteiger partial charge on any atom is -0.483 e. The van der Waals surface area contributed by atoms with Crippen molar-refractivity contribution in [2.45, 2.75) is 20.8 Å². The fourth-order valence-electron chi connectivity index (χ4n) is 3.23. The lowest BCUT2D eigenvalue weighted by Crippen LogP contribution is -2.50. The number of hydrogen-bond acceptors (Lipinski definition) is 3. The molecule has 0 saturated carbocycles. The molecule has 0 radical (unpaired) electrons. The van der Waals surface area contributed by atoms with Crippen LogP contribution in [0.2, 0.25) is 0 Å². The standard InChI is InChI=1S/C21H26N2O2/c1-16-9-10-17(2)21(18(16)3)25-15-20(24)23-13-11-22(12-14-23)19-7-5-4-6-8-19/h4-10H,11-15H2,1-3H3. The maximum Gasteiger partial charge on any atom is 0.260 e. The van der Waals surface area contributed by atoms with E-state index in [1.165, 1.54) is 11.3 Å². The first-order valence-electron chi connectivity index (χ1n) is 8.83. The fourth-order valence-corrected chi connectivity index (χ4v) is 3.23. The summed E-state index contributed by atoms with van der Waals surface area (Å²) in [5, 5.41) is 0. The molecule has 4 nitrogen and oxygen atoms in total. The maximum atomic E-state index is 12.5. The van der Waals surface area contributed by atoms with Crippen LogP contribution in [0.25, 0.3) is 0 Å². The number of nitrogens with zero attached hydrogens (tertiary/aromatic N) is 2. The molecule has 1 saturated heterocycles. The van der Waals surface area contributed by atoms with Gasteiger partial charge in [-0.3, -0.25) is 4.79 Å². The van der Waals surface area contributed by atoms with Crippen molar-refractivity contribution in [3.05, 3.63) is 59.2 Å². The minimum atomic E-state index is 0.0630. The molecule has 132 valence electrons. The highest BCUT2D eigenvalue weighted by Crippen LogP contribution is 2.25. The van der Waals surface area contributed by atoms with Crippen molar-refractivity contribution in [3.63, 3.8) is 0 Å². The van der Waals surface area contributed by atoms with E-state index >= 15 is 0 Å². The van der Waals surface area contributed by atoms with Crippen molar-refractivity contribution in [2.24, 2.45) is 0 Å². The van der Waals surface area contributed by atoms with E-state index < -0.39 is 0 Å². The molecule has 1 heterocycles. The Hall–Kier alpha value is -2.49. The van der Waals surface area contributed by atoms with E-state index in [1.54, 1.807) is 0 Å². The number of hydrogen-bond donors (Lipinski definition) is 0. The van der Waals surface area contributed by atoms with Crippen LogP contribution in [0.3, 0.4) is 0 Å². The first-order valence-corrected chi connectivity index (χ1v) is 8.83. The van der Waals surface area contributed by atoms with Gasteiger partial charge in [-0.1, -0.05) is 30.3 Å². The summed E-state index contributed by atoms with van der Waals surface area (Å²) in [6.07, 6.45) is 0. The zero-order valence-corrected chi connectivity index (χ0v) is 15.3. The van der Waals surface area contributed by atoms with Gasteiger partial charge in [0.25, 0.3) is 5.91 Å². The van der Waals surface area contributed by atoms with Crippen LogP contribution in [0.4, 0.5) is 5.69 Å². The summed E-state index contributed by atoms with van der Waals surface area (Å²) in [5.41, 5.74) is 4.59. The van der Waals surface area contributed by atoms with Crippen molar-refractivity contribution >= 4 is 11.6 Å². The molecule has 2 aromatic rings. The van der Waals surface area contributed by atoms with Crippen molar-refractivity contribution in [2.75, 3.05) is 37.7 Å². The lowest BCUT2D eigenvalue weighted by atomic mass is 10.1. The molecule has 0 bridgehead atoms. The number of rotatable bonds is 4. The van der Waals surface area contributed by atoms with Crippen molar-refractivity contribution in [1.82, 2.24) is 4.90 Å². The number of piperazine rings is 1. The van der Waals surface area contributed by atoms with Gasteiger partial charge < -0.3 is 14.5 Å². The van der Waals surface area contributed by atoms with Crippen molar-refractivity contribution in [1.29, 1.82) is 0 Å². The largest absolute Gasteiger partial charge is 0.483 e. The molecule has 0 aromatic heterocycles. The van der Waals surface area contributed by atoms with Crippen LogP contribution >= 0.6 is 0 Å². The average molecular weight is 338 g/mol. The molecule has 0 atom stereocenters. The molecule has 1 amide bonds. The summed E-state index contributed by atoms with van der Waals surface area (Å²) in [7, 11) is 0. The molecule has 3 rings (SSSR count). The first kappa shape index (κ1) is 17.3. The molecule has 0 aliphatic carbocycles. The predicted molar refractivity (Wildman–Crippen MR) is 101 cm³/mol. The van der Waals surface area contributed by atoms with E-state index in [0.29, 0.717) is 0 Å². The Morgan fingerprint density at radius 1 is 0.920 bits per heavy atom. The van der Waals surface area contributed by atoms with Crippen LogP contribution in [0, 0.1) is 20.8 Å². The van der Waals surface area contributed by atoms with Gasteiger partial charge in [-0.25, -0.2) is 0 Å². The third kappa shape index (κ3) is 3.95. The van der Waals surface area contributed by atoms with E-state index in [4.69, 9.17) is 4.74 Å². The highest BCUT2D eigenvalue weighted by atomic mass is 16.5. The molecule has 1 aliphatic heterocycles. The predicted octanol–water partition coefficient (Wildman–Crippen LogP) is 3.34. The topological polar surface area (TPSA) is 32.8 Å². The second-order valence-corrected chi connectivity index (χ2v) is 6.65. The summed E-state index contributed by atoms with van der Waals surface area (Å²) < 4.78 is 5.87. The SMILES string of the molecule is Cc1ccc(C)c(OCC(=O)N2CCN(c3ccccc3)CC2)c1C. The van der Waals surface area contributed by atoms with Crippen LogP contribution in [-0.2, 0) is 4.79 Å². The van der Waals surface area contributed by atoms with E-state index in [9.17, 15) is 4.79 Å². The quantitative estimate of drug-likeness (QED) is 0.857. The van der Waals surface area contributed by atoms with Gasteiger partial charge in [0, 0.05) is 31.9 Å². The highest BCUT2D eigenvalue weighted by molar-refractivity contribution is 5.78. The van der Waals surface area contributed by atoms with Crippen LogP contribution < -0.4 is 9.64 Å². The van der Waals surface area contributed by atoms with Gasteiger partial charge in [-0.2, -0.15) is 0 Å². The summed E-state index contributed by atoms with van der Waals surface area (Å²) >= 11 is 0. The van der Waals surface area contributed by atoms with Crippen LogP contribution in [0.1, 0.15) is 16.7 Å². The van der Waals surface area contributed by atoms with E-state index in [1.807, 2.05) is 43.0 Å². The van der Waals surface area contributed by atoms with E-state index in [0.717, 1.165) is 43.1 Å². The molecular weight excluding hydrogens is 312 g/mol. The number of carbonyl (C=O) groups is 1. The lowest BCUT2D eigenvalue weighted by molar-refractivity contribution is -0.133. The minimum absolute atomic E-state index is 0.0630. The van der Waals surface area contributed by atoms with Crippen LogP contribution in [-0.4, -0.2) is 43.6 Å². The summed E-state index contributed by atoms with van der Waals surface area (Å²) in [6.45, 7) is 9.43. The molecule has 0 unspecified atom stereocenters. The second-order valence-electron chi connectivity index (χ2n) is 6.65. The Morgan fingerprint density at radius 3 is 2.24 bits per heavy atom. The number of carbonyl (C=O) groups excluding carboxylic acids is 1. The zero-order chi connectivity index (χ0) is 17.8. The molecule has 0 N–H and O–H groups in total. The number of ether oxygens (including phenoxy) is 1. The lowest BCUT2D eigenvalue weighted by Gasteiger charge is -2.36. The Bertz CT molecular complexity index is 735. The molecule has 1 fully saturated rings. The van der Waals surface area contributed by atoms with E-state index in [-0.39, 0.29) is 12.5 Å². The van der Waals surface area contributed by atoms with Gasteiger partial charge in [-0.05, 0) is 49.6 Å². The zero-order valence-electron chi connectivity index (χ0n) is 15.3. The van der Waals surface area contributed by atoms with Gasteiger partial charge >= 0.3 is 0 Å². The Labute approximate surface area is 150 Å². The molecular formula is C21H26N2O2. The van der Waals surface area contributed by atoms with Gasteiger partial charge in [0.2, 0.25) is 0 Å². The number of para-hydroxylation sites is 1. The molecule has 2 aromatic carbocycles. The van der Waals surface area contributed by atoms with Crippen LogP contribution in [0.15, 0.2) is 42.5 Å². The average Bonchev–Trinajstić information content (AvgIpc) is 2.65. The molecule has 0 spiro atoms. The third-order valence-corrected chi connectivity index (χ3v) is 4.97. The Kier molecular flexibility index (Phi) is 5.27. The molecule has 4 heteroatoms. The number of amides is 1. The van der Waals surface area contributed by atoms with Gasteiger partial charge in [-0.15, -0.1) is 0 Å². The van der Waals surface area contributed by atoms with Crippen molar-refractivity contribution < 1.29 is 9.53 Å². The normalized spacial score (nSPS) is 14.5. The summed E-state index contributed by atoms with van der Waals surface area (Å²) in [4.78, 5) is 16.7. The van der Waals surface area contributed by atoms with Crippen LogP contribution in [0.5, 0.6) is 5.75 Å². The summed E-state index contributed by atoms with van der Waals surface area (Å²) in [5.74, 6) is 0.907. The Balaban J connectivity index is 1.54. The second kappa shape index (κ2) is 7.60. The molecule has 25 heavy (non-hydrogen) atoms. The third-order valence-electron chi connectivity index (χ3n) is 4.97. The van der Waals surface area contributed by atoms with Gasteiger partial charge in [0.1, 0.15) is 5.75 Å². The van der Waals surface area contributed by atoms with Crippen molar-refractivity contribution in [3.8, 4) is 5.75 Å². The molecule has 1 aliphatic rings. The highest BCUT2D eigenvalue weighted by Gasteiger charge is 2.22. The fraction of sp³-hybridized carbons (Fsp3) is 0.381. The first-order chi connectivity index (χ1) is 12.1. The smallest absolute Gasteiger partial charge is 0.260 e. The van der Waals surface area contributed by atoms with Gasteiger partial charge in [0.15, 0.2) is 6.61 Å². The number of anilines is 1. The number of aryl methyl sites for hydroxylation is 2. The Morgan fingerprint density at radius 2 is 1.56 bits per heavy atom. The summed E-state index contributed by atoms with van der Waals surface area (Å²) in [6, 6.07) is 14.5. The monoisotopic (exact) mass is 338 g/mol. The van der Waals surface area contributed by atoms with E-state index in [2.05, 4.69) is 30.0 Å².